The molecule has 0 unspecified atom stereocenters. The Morgan fingerprint density at radius 2 is 1.84 bits per heavy atom. The average Bonchev–Trinajstić information content (AvgIpc) is 2.46. The van der Waals surface area contributed by atoms with Gasteiger partial charge in [-0.15, -0.1) is 0 Å². The van der Waals surface area contributed by atoms with Gasteiger partial charge in [0.25, 0.3) is 0 Å². The quantitative estimate of drug-likeness (QED) is 0.499. The van der Waals surface area contributed by atoms with E-state index in [1.807, 2.05) is 24.3 Å². The van der Waals surface area contributed by atoms with Gasteiger partial charge >= 0.3 is 0 Å². The van der Waals surface area contributed by atoms with Crippen molar-refractivity contribution in [1.29, 1.82) is 0 Å². The molecule has 4 heteroatoms. The fraction of sp³-hybridized carbons (Fsp3) is 0.533. The highest BCUT2D eigenvalue weighted by atomic mass is 16.5. The minimum atomic E-state index is -0.667. The van der Waals surface area contributed by atoms with Crippen LogP contribution in [0.15, 0.2) is 29.4 Å². The molecule has 0 bridgehead atoms. The molecule has 0 saturated heterocycles. The second-order valence-corrected chi connectivity index (χ2v) is 5.28. The molecular weight excluding hydrogens is 242 g/mol. The lowest BCUT2D eigenvalue weighted by molar-refractivity contribution is -0.0339. The molecular formula is C15H21NO3. The first-order valence-corrected chi connectivity index (χ1v) is 6.77. The summed E-state index contributed by atoms with van der Waals surface area (Å²) in [7, 11) is 0. The zero-order chi connectivity index (χ0) is 13.7. The first-order valence-electron chi connectivity index (χ1n) is 6.77. The van der Waals surface area contributed by atoms with Crippen molar-refractivity contribution in [3.63, 3.8) is 0 Å². The molecule has 0 heterocycles. The third kappa shape index (κ3) is 3.70. The smallest absolute Gasteiger partial charge is 0.119 e. The Bertz CT molecular complexity index is 433. The number of ether oxygens (including phenoxy) is 1. The molecule has 0 radical (unpaired) electrons. The summed E-state index contributed by atoms with van der Waals surface area (Å²) in [6.07, 6.45) is 5.00. The van der Waals surface area contributed by atoms with Crippen LogP contribution in [-0.2, 0) is 0 Å². The highest BCUT2D eigenvalue weighted by molar-refractivity contribution is 5.98. The van der Waals surface area contributed by atoms with Gasteiger partial charge in [-0.25, -0.2) is 0 Å². The fourth-order valence-electron chi connectivity index (χ4n) is 2.42. The first-order chi connectivity index (χ1) is 9.13. The normalized spacial score (nSPS) is 19.2. The summed E-state index contributed by atoms with van der Waals surface area (Å²) in [4.78, 5) is 0. The lowest BCUT2D eigenvalue weighted by Gasteiger charge is -2.31. The van der Waals surface area contributed by atoms with Crippen LogP contribution in [0.3, 0.4) is 0 Å². The molecule has 1 aromatic carbocycles. The van der Waals surface area contributed by atoms with Crippen LogP contribution in [0.2, 0.25) is 0 Å². The van der Waals surface area contributed by atoms with Crippen molar-refractivity contribution < 1.29 is 15.1 Å². The molecule has 2 rings (SSSR count). The molecule has 19 heavy (non-hydrogen) atoms. The number of aliphatic hydroxyl groups is 1. The molecule has 0 aromatic heterocycles. The lowest BCUT2D eigenvalue weighted by atomic mass is 9.85. The van der Waals surface area contributed by atoms with Crippen molar-refractivity contribution in [3.8, 4) is 5.75 Å². The minimum absolute atomic E-state index is 0.347. The summed E-state index contributed by atoms with van der Waals surface area (Å²) in [6.45, 7) is 2.08. The second-order valence-electron chi connectivity index (χ2n) is 5.28. The maximum Gasteiger partial charge on any atom is 0.119 e. The van der Waals surface area contributed by atoms with Crippen molar-refractivity contribution >= 4 is 5.71 Å². The minimum Gasteiger partial charge on any atom is -0.491 e. The number of hydrogen-bond acceptors (Lipinski definition) is 4. The summed E-state index contributed by atoms with van der Waals surface area (Å²) in [6, 6.07) is 7.34. The molecule has 1 fully saturated rings. The van der Waals surface area contributed by atoms with E-state index in [4.69, 9.17) is 9.94 Å². The monoisotopic (exact) mass is 263 g/mol. The Labute approximate surface area is 113 Å². The second kappa shape index (κ2) is 6.06. The number of rotatable bonds is 4. The van der Waals surface area contributed by atoms with Crippen LogP contribution in [0.5, 0.6) is 5.75 Å². The molecule has 1 aliphatic rings. The molecule has 1 saturated carbocycles. The maximum absolute atomic E-state index is 10.3. The van der Waals surface area contributed by atoms with Crippen molar-refractivity contribution in [2.24, 2.45) is 5.16 Å². The molecule has 4 nitrogen and oxygen atoms in total. The van der Waals surface area contributed by atoms with Crippen molar-refractivity contribution in [2.75, 3.05) is 6.61 Å². The lowest BCUT2D eigenvalue weighted by Crippen LogP contribution is -2.37. The molecule has 0 amide bonds. The Kier molecular flexibility index (Phi) is 4.43. The van der Waals surface area contributed by atoms with Gasteiger partial charge in [-0.3, -0.25) is 0 Å². The van der Waals surface area contributed by atoms with E-state index in [1.54, 1.807) is 6.92 Å². The van der Waals surface area contributed by atoms with E-state index >= 15 is 0 Å². The van der Waals surface area contributed by atoms with Crippen LogP contribution in [-0.4, -0.2) is 28.2 Å². The van der Waals surface area contributed by atoms with E-state index in [-0.39, 0.29) is 0 Å². The molecule has 0 aliphatic heterocycles. The number of oxime groups is 1. The zero-order valence-electron chi connectivity index (χ0n) is 11.3. The van der Waals surface area contributed by atoms with E-state index in [2.05, 4.69) is 5.16 Å². The van der Waals surface area contributed by atoms with Gasteiger partial charge < -0.3 is 15.1 Å². The van der Waals surface area contributed by atoms with Gasteiger partial charge in [0, 0.05) is 0 Å². The standard InChI is InChI=1S/C15H21NO3/c1-12(16-18)13-5-7-14(8-6-13)19-11-15(17)9-3-2-4-10-15/h5-8,17-18H,2-4,9-11H2,1H3. The number of hydrogen-bond donors (Lipinski definition) is 2. The topological polar surface area (TPSA) is 62.1 Å². The first kappa shape index (κ1) is 13.9. The molecule has 1 aromatic rings. The van der Waals surface area contributed by atoms with Crippen LogP contribution in [0, 0.1) is 0 Å². The summed E-state index contributed by atoms with van der Waals surface area (Å²) < 4.78 is 5.66. The molecule has 1 aliphatic carbocycles. The Balaban J connectivity index is 1.92. The Morgan fingerprint density at radius 3 is 2.42 bits per heavy atom. The molecule has 0 atom stereocenters. The van der Waals surface area contributed by atoms with E-state index in [0.29, 0.717) is 12.3 Å². The average molecular weight is 263 g/mol. The van der Waals surface area contributed by atoms with Crippen molar-refractivity contribution in [1.82, 2.24) is 0 Å². The highest BCUT2D eigenvalue weighted by Gasteiger charge is 2.29. The van der Waals surface area contributed by atoms with Gasteiger partial charge in [0.15, 0.2) is 0 Å². The fourth-order valence-corrected chi connectivity index (χ4v) is 2.42. The van der Waals surface area contributed by atoms with Gasteiger partial charge in [-0.1, -0.05) is 24.4 Å². The molecule has 0 spiro atoms. The maximum atomic E-state index is 10.3. The van der Waals surface area contributed by atoms with Gasteiger partial charge in [0.2, 0.25) is 0 Å². The van der Waals surface area contributed by atoms with Crippen LogP contribution in [0.4, 0.5) is 0 Å². The predicted molar refractivity (Wildman–Crippen MR) is 74.0 cm³/mol. The van der Waals surface area contributed by atoms with Gasteiger partial charge in [0.1, 0.15) is 12.4 Å². The zero-order valence-corrected chi connectivity index (χ0v) is 11.3. The van der Waals surface area contributed by atoms with E-state index in [0.717, 1.165) is 37.0 Å². The summed E-state index contributed by atoms with van der Waals surface area (Å²) >= 11 is 0. The molecule has 2 N–H and O–H groups in total. The van der Waals surface area contributed by atoms with E-state index in [9.17, 15) is 5.11 Å². The third-order valence-electron chi connectivity index (χ3n) is 3.71. The van der Waals surface area contributed by atoms with E-state index in [1.165, 1.54) is 6.42 Å². The summed E-state index contributed by atoms with van der Waals surface area (Å²) in [5.41, 5.74) is 0.753. The summed E-state index contributed by atoms with van der Waals surface area (Å²) in [5, 5.41) is 22.2. The SMILES string of the molecule is CC(=NO)c1ccc(OCC2(O)CCCCC2)cc1. The van der Waals surface area contributed by atoms with Crippen LogP contribution in [0.1, 0.15) is 44.6 Å². The van der Waals surface area contributed by atoms with Crippen LogP contribution in [0.25, 0.3) is 0 Å². The Hall–Kier alpha value is -1.55. The van der Waals surface area contributed by atoms with Gasteiger partial charge in [-0.05, 0) is 49.6 Å². The van der Waals surface area contributed by atoms with Crippen LogP contribution >= 0.6 is 0 Å². The third-order valence-corrected chi connectivity index (χ3v) is 3.71. The summed E-state index contributed by atoms with van der Waals surface area (Å²) in [5.74, 6) is 0.730. The van der Waals surface area contributed by atoms with Gasteiger partial charge in [-0.2, -0.15) is 0 Å². The van der Waals surface area contributed by atoms with Crippen molar-refractivity contribution in [3.05, 3.63) is 29.8 Å². The van der Waals surface area contributed by atoms with E-state index < -0.39 is 5.60 Å². The highest BCUT2D eigenvalue weighted by Crippen LogP contribution is 2.28. The number of nitrogens with zero attached hydrogens (tertiary/aromatic N) is 1. The Morgan fingerprint density at radius 1 is 1.21 bits per heavy atom. The number of benzene rings is 1. The largest absolute Gasteiger partial charge is 0.491 e. The predicted octanol–water partition coefficient (Wildman–Crippen LogP) is 2.96. The van der Waals surface area contributed by atoms with Crippen molar-refractivity contribution in [2.45, 2.75) is 44.6 Å². The van der Waals surface area contributed by atoms with Gasteiger partial charge in [0.05, 0.1) is 11.3 Å². The molecule has 104 valence electrons. The van der Waals surface area contributed by atoms with Crippen LogP contribution < -0.4 is 4.74 Å².